The van der Waals surface area contributed by atoms with E-state index >= 15 is 0 Å². The Labute approximate surface area is 84.1 Å². The lowest BCUT2D eigenvalue weighted by molar-refractivity contribution is -0.385. The molecule has 0 amide bonds. The van der Waals surface area contributed by atoms with Crippen LogP contribution < -0.4 is 0 Å². The zero-order valence-electron chi connectivity index (χ0n) is 6.94. The minimum Gasteiger partial charge on any atom is -0.478 e. The average molecular weight is 216 g/mol. The Morgan fingerprint density at radius 1 is 1.57 bits per heavy atom. The molecule has 6 heteroatoms. The standard InChI is InChI=1S/C8H6ClNO4/c9-4-6-2-1-5(8(11)12)3-7(6)10(13)14/h1-3H,4H2,(H,11,12). The van der Waals surface area contributed by atoms with Crippen molar-refractivity contribution >= 4 is 23.3 Å². The number of carbonyl (C=O) groups is 1. The van der Waals surface area contributed by atoms with Crippen molar-refractivity contribution in [3.05, 3.63) is 39.4 Å². The van der Waals surface area contributed by atoms with Crippen LogP contribution in [-0.2, 0) is 5.88 Å². The lowest BCUT2D eigenvalue weighted by atomic mass is 10.1. The Hall–Kier alpha value is -1.62. The minimum absolute atomic E-state index is 0.0176. The van der Waals surface area contributed by atoms with Gasteiger partial charge in [-0.25, -0.2) is 4.79 Å². The third-order valence-corrected chi connectivity index (χ3v) is 1.96. The van der Waals surface area contributed by atoms with Gasteiger partial charge in [-0.2, -0.15) is 0 Å². The second-order valence-corrected chi connectivity index (χ2v) is 2.81. The lowest BCUT2D eigenvalue weighted by Crippen LogP contribution is -2.00. The first-order chi connectivity index (χ1) is 6.56. The quantitative estimate of drug-likeness (QED) is 0.475. The summed E-state index contributed by atoms with van der Waals surface area (Å²) in [6, 6.07) is 3.63. The van der Waals surface area contributed by atoms with Crippen molar-refractivity contribution in [1.29, 1.82) is 0 Å². The second-order valence-electron chi connectivity index (χ2n) is 2.54. The number of carboxylic acids is 1. The molecule has 0 unspecified atom stereocenters. The van der Waals surface area contributed by atoms with Crippen LogP contribution in [0.4, 0.5) is 5.69 Å². The second kappa shape index (κ2) is 4.06. The minimum atomic E-state index is -1.20. The molecule has 0 atom stereocenters. The molecule has 74 valence electrons. The fourth-order valence-corrected chi connectivity index (χ4v) is 1.21. The highest BCUT2D eigenvalue weighted by atomic mass is 35.5. The molecule has 0 saturated heterocycles. The summed E-state index contributed by atoms with van der Waals surface area (Å²) in [6.45, 7) is 0. The first kappa shape index (κ1) is 10.5. The number of nitro benzene ring substituents is 1. The van der Waals surface area contributed by atoms with E-state index in [2.05, 4.69) is 0 Å². The van der Waals surface area contributed by atoms with Crippen LogP contribution in [-0.4, -0.2) is 16.0 Å². The Morgan fingerprint density at radius 2 is 2.21 bits per heavy atom. The molecular weight excluding hydrogens is 210 g/mol. The Kier molecular flexibility index (Phi) is 3.03. The van der Waals surface area contributed by atoms with E-state index in [1.54, 1.807) is 0 Å². The molecule has 0 spiro atoms. The van der Waals surface area contributed by atoms with Gasteiger partial charge in [0.05, 0.1) is 16.4 Å². The van der Waals surface area contributed by atoms with Crippen LogP contribution in [0.25, 0.3) is 0 Å². The van der Waals surface area contributed by atoms with Gasteiger partial charge in [-0.05, 0) is 6.07 Å². The molecule has 0 radical (unpaired) electrons. The van der Waals surface area contributed by atoms with Crippen LogP contribution in [0.15, 0.2) is 18.2 Å². The molecule has 0 aliphatic carbocycles. The van der Waals surface area contributed by atoms with Gasteiger partial charge in [0.25, 0.3) is 5.69 Å². The molecule has 1 aromatic carbocycles. The predicted molar refractivity (Wildman–Crippen MR) is 49.6 cm³/mol. The molecular formula is C8H6ClNO4. The van der Waals surface area contributed by atoms with Crippen molar-refractivity contribution < 1.29 is 14.8 Å². The molecule has 0 aromatic heterocycles. The topological polar surface area (TPSA) is 80.4 Å². The summed E-state index contributed by atoms with van der Waals surface area (Å²) in [7, 11) is 0. The number of carboxylic acid groups (broad SMARTS) is 1. The molecule has 0 aliphatic heterocycles. The largest absolute Gasteiger partial charge is 0.478 e. The van der Waals surface area contributed by atoms with Crippen molar-refractivity contribution in [2.45, 2.75) is 5.88 Å². The molecule has 0 fully saturated rings. The van der Waals surface area contributed by atoms with Crippen molar-refractivity contribution in [3.63, 3.8) is 0 Å². The third-order valence-electron chi connectivity index (χ3n) is 1.67. The fraction of sp³-hybridized carbons (Fsp3) is 0.125. The maximum Gasteiger partial charge on any atom is 0.335 e. The van der Waals surface area contributed by atoms with Gasteiger partial charge in [0.15, 0.2) is 0 Å². The summed E-state index contributed by atoms with van der Waals surface area (Å²) in [5.41, 5.74) is -0.0767. The number of hydrogen-bond acceptors (Lipinski definition) is 3. The normalized spacial score (nSPS) is 9.79. The molecule has 1 aromatic rings. The first-order valence-electron chi connectivity index (χ1n) is 3.63. The maximum atomic E-state index is 10.5. The summed E-state index contributed by atoms with van der Waals surface area (Å²) in [6.07, 6.45) is 0. The summed E-state index contributed by atoms with van der Waals surface area (Å²) in [5.74, 6) is -1.22. The summed E-state index contributed by atoms with van der Waals surface area (Å²) in [5, 5.41) is 19.1. The number of halogens is 1. The molecule has 0 heterocycles. The summed E-state index contributed by atoms with van der Waals surface area (Å²) >= 11 is 5.46. The highest BCUT2D eigenvalue weighted by Crippen LogP contribution is 2.21. The van der Waals surface area contributed by atoms with Crippen molar-refractivity contribution in [3.8, 4) is 0 Å². The van der Waals surface area contributed by atoms with Crippen LogP contribution in [0, 0.1) is 10.1 Å². The predicted octanol–water partition coefficient (Wildman–Crippen LogP) is 2.03. The van der Waals surface area contributed by atoms with Gasteiger partial charge in [0.2, 0.25) is 0 Å². The number of nitro groups is 1. The number of benzene rings is 1. The smallest absolute Gasteiger partial charge is 0.335 e. The van der Waals surface area contributed by atoms with Gasteiger partial charge in [-0.1, -0.05) is 6.07 Å². The molecule has 0 aliphatic rings. The summed E-state index contributed by atoms with van der Waals surface area (Å²) in [4.78, 5) is 20.4. The van der Waals surface area contributed by atoms with E-state index in [0.717, 1.165) is 6.07 Å². The van der Waals surface area contributed by atoms with E-state index in [4.69, 9.17) is 16.7 Å². The van der Waals surface area contributed by atoms with Gasteiger partial charge in [-0.3, -0.25) is 10.1 Å². The van der Waals surface area contributed by atoms with E-state index in [-0.39, 0.29) is 17.1 Å². The van der Waals surface area contributed by atoms with Gasteiger partial charge in [0.1, 0.15) is 0 Å². The van der Waals surface area contributed by atoms with Crippen LogP contribution in [0.3, 0.4) is 0 Å². The zero-order valence-corrected chi connectivity index (χ0v) is 7.69. The third kappa shape index (κ3) is 2.00. The average Bonchev–Trinajstić information content (AvgIpc) is 2.16. The van der Waals surface area contributed by atoms with Gasteiger partial charge < -0.3 is 5.11 Å². The monoisotopic (exact) mass is 215 g/mol. The van der Waals surface area contributed by atoms with E-state index in [0.29, 0.717) is 5.56 Å². The Balaban J connectivity index is 3.27. The molecule has 0 bridgehead atoms. The number of rotatable bonds is 3. The van der Waals surface area contributed by atoms with Crippen LogP contribution in [0.1, 0.15) is 15.9 Å². The van der Waals surface area contributed by atoms with E-state index in [9.17, 15) is 14.9 Å². The van der Waals surface area contributed by atoms with Crippen molar-refractivity contribution in [1.82, 2.24) is 0 Å². The SMILES string of the molecule is O=C(O)c1ccc(CCl)c([N+](=O)[O-])c1. The molecule has 1 N–H and O–H groups in total. The van der Waals surface area contributed by atoms with Crippen LogP contribution >= 0.6 is 11.6 Å². The lowest BCUT2D eigenvalue weighted by Gasteiger charge is -1.99. The van der Waals surface area contributed by atoms with E-state index in [1.165, 1.54) is 12.1 Å². The Bertz CT molecular complexity index is 391. The molecule has 1 rings (SSSR count). The van der Waals surface area contributed by atoms with E-state index < -0.39 is 10.9 Å². The van der Waals surface area contributed by atoms with Gasteiger partial charge in [-0.15, -0.1) is 11.6 Å². The van der Waals surface area contributed by atoms with Crippen LogP contribution in [0.2, 0.25) is 0 Å². The fourth-order valence-electron chi connectivity index (χ4n) is 0.980. The highest BCUT2D eigenvalue weighted by Gasteiger charge is 2.15. The maximum absolute atomic E-state index is 10.5. The van der Waals surface area contributed by atoms with Gasteiger partial charge in [0, 0.05) is 11.6 Å². The van der Waals surface area contributed by atoms with E-state index in [1.807, 2.05) is 0 Å². The molecule has 14 heavy (non-hydrogen) atoms. The number of alkyl halides is 1. The van der Waals surface area contributed by atoms with Gasteiger partial charge >= 0.3 is 5.97 Å². The highest BCUT2D eigenvalue weighted by molar-refractivity contribution is 6.17. The number of hydrogen-bond donors (Lipinski definition) is 1. The first-order valence-corrected chi connectivity index (χ1v) is 4.16. The van der Waals surface area contributed by atoms with Crippen LogP contribution in [0.5, 0.6) is 0 Å². The zero-order chi connectivity index (χ0) is 10.7. The van der Waals surface area contributed by atoms with Crippen molar-refractivity contribution in [2.24, 2.45) is 0 Å². The molecule has 0 saturated carbocycles. The summed E-state index contributed by atoms with van der Waals surface area (Å²) < 4.78 is 0. The number of aromatic carboxylic acids is 1. The number of nitrogens with zero attached hydrogens (tertiary/aromatic N) is 1. The molecule has 5 nitrogen and oxygen atoms in total. The Morgan fingerprint density at radius 3 is 2.64 bits per heavy atom. The van der Waals surface area contributed by atoms with Crippen molar-refractivity contribution in [2.75, 3.05) is 0 Å².